The molecule has 4 saturated carbocycles. The molecular formula is C64H62N4. The molecule has 12 aliphatic rings. The van der Waals surface area contributed by atoms with Gasteiger partial charge in [0.1, 0.15) is 0 Å². The van der Waals surface area contributed by atoms with Crippen molar-refractivity contribution in [1.82, 2.24) is 8.80 Å². The van der Waals surface area contributed by atoms with Gasteiger partial charge in [0, 0.05) is 43.1 Å². The Morgan fingerprint density at radius 1 is 0.324 bits per heavy atom. The van der Waals surface area contributed by atoms with Crippen LogP contribution in [0.25, 0.3) is 76.2 Å². The Morgan fingerprint density at radius 3 is 0.941 bits per heavy atom. The van der Waals surface area contributed by atoms with Crippen molar-refractivity contribution in [1.29, 1.82) is 10.5 Å². The van der Waals surface area contributed by atoms with Crippen molar-refractivity contribution in [2.75, 3.05) is 0 Å². The van der Waals surface area contributed by atoms with E-state index in [-0.39, 0.29) is 43.3 Å². The molecule has 9 aromatic rings. The summed E-state index contributed by atoms with van der Waals surface area (Å²) in [7, 11) is 0. The molecule has 12 aliphatic carbocycles. The SMILES string of the molecule is CC12CCC(C)(CC1)c1c2cc2c3cc4c(cc3n3c5cc(C#N)c6c(c5c1c23)C1(C)CCC6(C)CC1)c1cc2c(c3c5c6c(c(C#N)cc5n4c13)C1(C)CCC6(C)CC1)C1(C)CCC2(C)CC1. The van der Waals surface area contributed by atoms with E-state index in [0.29, 0.717) is 0 Å². The van der Waals surface area contributed by atoms with Crippen LogP contribution in [0, 0.1) is 22.7 Å². The molecular weight excluding hydrogens is 825 g/mol. The average Bonchev–Trinajstić information content (AvgIpc) is 4.05. The quantitative estimate of drug-likeness (QED) is 0.152. The van der Waals surface area contributed by atoms with E-state index in [2.05, 4.69) is 113 Å². The summed E-state index contributed by atoms with van der Waals surface area (Å²) in [4.78, 5) is 0. The van der Waals surface area contributed by atoms with Gasteiger partial charge < -0.3 is 8.80 Å². The molecule has 4 fully saturated rings. The Hall–Kier alpha value is -5.32. The number of hydrogen-bond donors (Lipinski definition) is 0. The highest BCUT2D eigenvalue weighted by Crippen LogP contribution is 2.67. The Morgan fingerprint density at radius 2 is 0.618 bits per heavy atom. The minimum Gasteiger partial charge on any atom is -0.308 e. The number of aromatic nitrogens is 2. The van der Waals surface area contributed by atoms with E-state index in [1.807, 2.05) is 0 Å². The van der Waals surface area contributed by atoms with E-state index in [1.54, 1.807) is 22.3 Å². The smallest absolute Gasteiger partial charge is 0.0995 e. The number of benzene rings is 5. The molecule has 8 bridgehead atoms. The van der Waals surface area contributed by atoms with Crippen LogP contribution in [0.2, 0.25) is 0 Å². The second kappa shape index (κ2) is 10.8. The lowest BCUT2D eigenvalue weighted by atomic mass is 9.50. The second-order valence-corrected chi connectivity index (χ2v) is 27.5. The molecule has 4 heteroatoms. The van der Waals surface area contributed by atoms with Crippen LogP contribution in [0.15, 0.2) is 36.4 Å². The first kappa shape index (κ1) is 38.5. The highest BCUT2D eigenvalue weighted by atomic mass is 14.9. The molecule has 4 nitrogen and oxygen atoms in total. The normalized spacial score (nSPS) is 36.3. The number of nitrogens with zero attached hydrogens (tertiary/aromatic N) is 4. The number of hydrogen-bond acceptors (Lipinski definition) is 2. The molecule has 68 heavy (non-hydrogen) atoms. The van der Waals surface area contributed by atoms with E-state index in [9.17, 15) is 10.5 Å². The van der Waals surface area contributed by atoms with Gasteiger partial charge in [0.15, 0.2) is 0 Å². The zero-order valence-corrected chi connectivity index (χ0v) is 41.6. The maximum absolute atomic E-state index is 11.2. The predicted molar refractivity (Wildman–Crippen MR) is 278 cm³/mol. The molecule has 0 N–H and O–H groups in total. The Kier molecular flexibility index (Phi) is 6.15. The van der Waals surface area contributed by atoms with Gasteiger partial charge in [-0.2, -0.15) is 10.5 Å². The lowest BCUT2D eigenvalue weighted by Gasteiger charge is -2.54. The number of nitriles is 2. The van der Waals surface area contributed by atoms with Crippen LogP contribution >= 0.6 is 0 Å². The van der Waals surface area contributed by atoms with Gasteiger partial charge in [-0.1, -0.05) is 55.4 Å². The number of fused-ring (bicyclic) bond motifs is 20. The Labute approximate surface area is 399 Å². The fraction of sp³-hybridized carbons (Fsp3) is 0.500. The molecule has 4 heterocycles. The van der Waals surface area contributed by atoms with Gasteiger partial charge in [0.05, 0.1) is 56.4 Å². The summed E-state index contributed by atoms with van der Waals surface area (Å²) < 4.78 is 5.38. The molecule has 5 aromatic carbocycles. The molecule has 0 aliphatic heterocycles. The fourth-order valence-corrected chi connectivity index (χ4v) is 19.3. The maximum Gasteiger partial charge on any atom is 0.0995 e. The Bertz CT molecular complexity index is 3790. The predicted octanol–water partition coefficient (Wildman–Crippen LogP) is 16.1. The molecule has 0 atom stereocenters. The maximum atomic E-state index is 11.2. The molecule has 0 saturated heterocycles. The van der Waals surface area contributed by atoms with Crippen LogP contribution in [0.4, 0.5) is 0 Å². The van der Waals surface area contributed by atoms with Crippen LogP contribution in [0.1, 0.15) is 214 Å². The van der Waals surface area contributed by atoms with Gasteiger partial charge in [0.2, 0.25) is 0 Å². The topological polar surface area (TPSA) is 56.4 Å². The highest BCUT2D eigenvalue weighted by Gasteiger charge is 2.56. The van der Waals surface area contributed by atoms with Gasteiger partial charge in [-0.15, -0.1) is 0 Å². The van der Waals surface area contributed by atoms with E-state index in [1.165, 1.54) is 201 Å². The summed E-state index contributed by atoms with van der Waals surface area (Å²) in [5, 5.41) is 33.9. The third-order valence-corrected chi connectivity index (χ3v) is 23.8. The number of rotatable bonds is 0. The first-order chi connectivity index (χ1) is 32.4. The van der Waals surface area contributed by atoms with Crippen LogP contribution in [0.5, 0.6) is 0 Å². The Balaban J connectivity index is 1.12. The molecule has 0 amide bonds. The largest absolute Gasteiger partial charge is 0.308 e. The van der Waals surface area contributed by atoms with Gasteiger partial charge in [-0.05, 0) is 227 Å². The summed E-state index contributed by atoms with van der Waals surface area (Å²) in [6, 6.07) is 21.0. The molecule has 0 unspecified atom stereocenters. The highest BCUT2D eigenvalue weighted by molar-refractivity contribution is 6.31. The van der Waals surface area contributed by atoms with Crippen molar-refractivity contribution in [3.63, 3.8) is 0 Å². The van der Waals surface area contributed by atoms with Crippen molar-refractivity contribution in [3.05, 3.63) is 92.0 Å². The standard InChI is InChI=1S/C64H62N4/c1-57-9-13-61(5,14-10-57)51-39(57)27-37-35-29-42-36(30-41(35)67-43-25-33(31-65)49-53(45(43)47(51)55(37)67)63(7)21-17-59(49,3)18-22-63)38-28-40-52(62(6)15-11-58(40,2)12-16-62)48-46-44(68(42)56(38)48)26-34(32-66)50-54(46)64(8)23-19-60(50,4)20-24-64/h25-30H,9-24H2,1-8H3. The molecule has 21 rings (SSSR count). The van der Waals surface area contributed by atoms with Crippen LogP contribution in [-0.4, -0.2) is 8.80 Å². The summed E-state index contributed by atoms with van der Waals surface area (Å²) in [5.74, 6) is 0. The molecule has 338 valence electrons. The van der Waals surface area contributed by atoms with E-state index in [0.717, 1.165) is 11.1 Å². The van der Waals surface area contributed by atoms with E-state index in [4.69, 9.17) is 0 Å². The van der Waals surface area contributed by atoms with Gasteiger partial charge >= 0.3 is 0 Å². The average molecular weight is 887 g/mol. The van der Waals surface area contributed by atoms with Crippen LogP contribution in [-0.2, 0) is 43.3 Å². The second-order valence-electron chi connectivity index (χ2n) is 27.5. The van der Waals surface area contributed by atoms with Gasteiger partial charge in [0.25, 0.3) is 0 Å². The zero-order valence-electron chi connectivity index (χ0n) is 41.6. The van der Waals surface area contributed by atoms with Crippen LogP contribution in [0.3, 0.4) is 0 Å². The van der Waals surface area contributed by atoms with Crippen LogP contribution < -0.4 is 0 Å². The molecule has 4 aromatic heterocycles. The van der Waals surface area contributed by atoms with Crippen molar-refractivity contribution in [2.24, 2.45) is 0 Å². The van der Waals surface area contributed by atoms with Gasteiger partial charge in [-0.3, -0.25) is 0 Å². The first-order valence-electron chi connectivity index (χ1n) is 26.9. The third kappa shape index (κ3) is 3.79. The summed E-state index contributed by atoms with van der Waals surface area (Å²) in [6.07, 6.45) is 19.4. The lowest BCUT2D eigenvalue weighted by Crippen LogP contribution is -2.45. The summed E-state index contributed by atoms with van der Waals surface area (Å²) >= 11 is 0. The minimum atomic E-state index is 0.0384. The zero-order chi connectivity index (χ0) is 46.0. The van der Waals surface area contributed by atoms with E-state index < -0.39 is 0 Å². The van der Waals surface area contributed by atoms with Gasteiger partial charge in [-0.25, -0.2) is 0 Å². The lowest BCUT2D eigenvalue weighted by molar-refractivity contribution is 0.188. The molecule has 0 radical (unpaired) electrons. The summed E-state index contributed by atoms with van der Waals surface area (Å²) in [6.45, 7) is 20.5. The van der Waals surface area contributed by atoms with Crippen molar-refractivity contribution < 1.29 is 0 Å². The molecule has 0 spiro atoms. The van der Waals surface area contributed by atoms with Crippen molar-refractivity contribution >= 4 is 76.2 Å². The van der Waals surface area contributed by atoms with Crippen molar-refractivity contribution in [3.8, 4) is 12.1 Å². The minimum absolute atomic E-state index is 0.0384. The summed E-state index contributed by atoms with van der Waals surface area (Å²) in [5.41, 5.74) is 22.8. The fourth-order valence-electron chi connectivity index (χ4n) is 19.3. The van der Waals surface area contributed by atoms with Crippen molar-refractivity contribution in [2.45, 2.75) is 201 Å². The monoisotopic (exact) mass is 886 g/mol. The van der Waals surface area contributed by atoms with E-state index >= 15 is 0 Å². The first-order valence-corrected chi connectivity index (χ1v) is 26.9. The third-order valence-electron chi connectivity index (χ3n) is 23.8.